The van der Waals surface area contributed by atoms with Gasteiger partial charge in [0.2, 0.25) is 0 Å². The molecule has 0 aromatic rings. The summed E-state index contributed by atoms with van der Waals surface area (Å²) in [4.78, 5) is 9.87. The molecule has 134 valence electrons. The van der Waals surface area contributed by atoms with Crippen molar-refractivity contribution in [3.63, 3.8) is 0 Å². The molecule has 1 spiro atoms. The monoisotopic (exact) mass is 332 g/mol. The van der Waals surface area contributed by atoms with Gasteiger partial charge in [0.25, 0.3) is 0 Å². The van der Waals surface area contributed by atoms with E-state index in [-0.39, 0.29) is 0 Å². The summed E-state index contributed by atoms with van der Waals surface area (Å²) < 4.78 is 6.07. The van der Waals surface area contributed by atoms with E-state index >= 15 is 0 Å². The lowest BCUT2D eigenvalue weighted by Crippen LogP contribution is -2.72. The number of likely N-dealkylation sites (tertiary alicyclic amines) is 2. The van der Waals surface area contributed by atoms with Crippen molar-refractivity contribution in [2.45, 2.75) is 63.1 Å². The molecule has 5 rings (SSSR count). The largest absolute Gasteiger partial charge is 0.377 e. The van der Waals surface area contributed by atoms with Crippen molar-refractivity contribution in [2.24, 2.45) is 16.3 Å². The number of hydrogen-bond acceptors (Lipinski definition) is 3. The number of hydrogen-bond donors (Lipinski definition) is 1. The molecule has 2 aliphatic carbocycles. The highest BCUT2D eigenvalue weighted by Crippen LogP contribution is 2.62. The Morgan fingerprint density at radius 1 is 1.12 bits per heavy atom. The van der Waals surface area contributed by atoms with E-state index in [0.717, 1.165) is 37.6 Å². The first kappa shape index (κ1) is 15.4. The van der Waals surface area contributed by atoms with Gasteiger partial charge in [-0.2, -0.15) is 0 Å². The molecule has 2 saturated carbocycles. The average molecular weight is 332 g/mol. The fourth-order valence-corrected chi connectivity index (χ4v) is 6.23. The summed E-state index contributed by atoms with van der Waals surface area (Å²) >= 11 is 0. The predicted octanol–water partition coefficient (Wildman–Crippen LogP) is 1.69. The van der Waals surface area contributed by atoms with Gasteiger partial charge >= 0.3 is 0 Å². The fraction of sp³-hybridized carbons (Fsp3) is 0.947. The first-order chi connectivity index (χ1) is 11.8. The third-order valence-corrected chi connectivity index (χ3v) is 7.65. The molecule has 0 aromatic carbocycles. The van der Waals surface area contributed by atoms with Crippen molar-refractivity contribution < 1.29 is 4.74 Å². The molecule has 4 unspecified atom stereocenters. The Hall–Kier alpha value is -0.810. The molecular formula is C19H32N4O. The summed E-state index contributed by atoms with van der Waals surface area (Å²) in [5.74, 6) is 1.87. The number of rotatable bonds is 2. The van der Waals surface area contributed by atoms with Gasteiger partial charge in [-0.15, -0.1) is 0 Å². The number of nitrogens with one attached hydrogen (secondary N) is 1. The van der Waals surface area contributed by atoms with Gasteiger partial charge in [-0.05, 0) is 51.6 Å². The minimum absolute atomic E-state index is 0.436. The summed E-state index contributed by atoms with van der Waals surface area (Å²) in [6, 6.07) is 1.34. The number of aliphatic imine (C=N–C) groups is 1. The lowest BCUT2D eigenvalue weighted by Gasteiger charge is -2.63. The molecule has 5 fully saturated rings. The van der Waals surface area contributed by atoms with Crippen LogP contribution in [0.15, 0.2) is 4.99 Å². The smallest absolute Gasteiger partial charge is 0.193 e. The zero-order valence-electron chi connectivity index (χ0n) is 15.0. The molecule has 3 aliphatic heterocycles. The number of fused-ring (bicyclic) bond motifs is 2. The van der Waals surface area contributed by atoms with Crippen molar-refractivity contribution in [2.75, 3.05) is 39.8 Å². The summed E-state index contributed by atoms with van der Waals surface area (Å²) in [7, 11) is 1.96. The molecule has 4 atom stereocenters. The Morgan fingerprint density at radius 3 is 2.67 bits per heavy atom. The first-order valence-electron chi connectivity index (χ1n) is 10.2. The molecule has 0 aromatic heterocycles. The SMILES string of the molecule is CN=C(NC1C2CCOC2C12CCC2)N1CCC(N2CCCC2)C1. The fourth-order valence-electron chi connectivity index (χ4n) is 6.23. The molecule has 5 heteroatoms. The average Bonchev–Trinajstić information content (AvgIpc) is 3.27. The van der Waals surface area contributed by atoms with Gasteiger partial charge in [0.1, 0.15) is 0 Å². The molecule has 0 bridgehead atoms. The molecule has 5 nitrogen and oxygen atoms in total. The topological polar surface area (TPSA) is 40.1 Å². The van der Waals surface area contributed by atoms with Crippen LogP contribution in [-0.2, 0) is 4.74 Å². The van der Waals surface area contributed by atoms with Crippen LogP contribution in [0.2, 0.25) is 0 Å². The second-order valence-electron chi connectivity index (χ2n) is 8.63. The molecule has 1 N–H and O–H groups in total. The molecule has 0 amide bonds. The maximum Gasteiger partial charge on any atom is 0.193 e. The Bertz CT molecular complexity index is 511. The van der Waals surface area contributed by atoms with Crippen LogP contribution < -0.4 is 5.32 Å². The summed E-state index contributed by atoms with van der Waals surface area (Å²) in [5, 5.41) is 3.90. The molecule has 24 heavy (non-hydrogen) atoms. The quantitative estimate of drug-likeness (QED) is 0.617. The van der Waals surface area contributed by atoms with Crippen molar-refractivity contribution in [3.05, 3.63) is 0 Å². The molecule has 0 radical (unpaired) electrons. The Kier molecular flexibility index (Phi) is 3.78. The van der Waals surface area contributed by atoms with E-state index in [2.05, 4.69) is 20.1 Å². The number of nitrogens with zero attached hydrogens (tertiary/aromatic N) is 3. The first-order valence-corrected chi connectivity index (χ1v) is 10.2. The van der Waals surface area contributed by atoms with E-state index in [1.807, 2.05) is 7.05 Å². The third kappa shape index (κ3) is 2.16. The van der Waals surface area contributed by atoms with Crippen LogP contribution in [-0.4, -0.2) is 73.8 Å². The van der Waals surface area contributed by atoms with E-state index in [0.29, 0.717) is 17.6 Å². The number of guanidine groups is 1. The van der Waals surface area contributed by atoms with Crippen LogP contribution in [0.3, 0.4) is 0 Å². The van der Waals surface area contributed by atoms with Crippen molar-refractivity contribution in [3.8, 4) is 0 Å². The van der Waals surface area contributed by atoms with Gasteiger partial charge < -0.3 is 15.0 Å². The Balaban J connectivity index is 1.24. The zero-order valence-corrected chi connectivity index (χ0v) is 15.0. The summed E-state index contributed by atoms with van der Waals surface area (Å²) in [6.07, 6.45) is 9.91. The molecular weight excluding hydrogens is 300 g/mol. The third-order valence-electron chi connectivity index (χ3n) is 7.65. The van der Waals surface area contributed by atoms with Crippen LogP contribution in [0.4, 0.5) is 0 Å². The minimum atomic E-state index is 0.436. The van der Waals surface area contributed by atoms with Crippen LogP contribution >= 0.6 is 0 Å². The van der Waals surface area contributed by atoms with Gasteiger partial charge in [0.15, 0.2) is 5.96 Å². The highest BCUT2D eigenvalue weighted by Gasteiger charge is 2.66. The van der Waals surface area contributed by atoms with Gasteiger partial charge in [0, 0.05) is 50.2 Å². The minimum Gasteiger partial charge on any atom is -0.377 e. The van der Waals surface area contributed by atoms with E-state index in [4.69, 9.17) is 4.74 Å². The van der Waals surface area contributed by atoms with Gasteiger partial charge in [-0.1, -0.05) is 6.42 Å². The van der Waals surface area contributed by atoms with E-state index in [1.165, 1.54) is 58.0 Å². The molecule has 3 heterocycles. The Morgan fingerprint density at radius 2 is 1.96 bits per heavy atom. The van der Waals surface area contributed by atoms with Crippen molar-refractivity contribution in [1.29, 1.82) is 0 Å². The normalized spacial score (nSPS) is 41.4. The van der Waals surface area contributed by atoms with E-state index in [9.17, 15) is 0 Å². The van der Waals surface area contributed by atoms with Crippen LogP contribution in [0, 0.1) is 11.3 Å². The lowest BCUT2D eigenvalue weighted by atomic mass is 9.46. The Labute approximate surface area is 145 Å². The maximum absolute atomic E-state index is 6.07. The standard InChI is InChI=1S/C19H32N4O/c1-20-18(23-11-5-14(13-23)22-9-2-3-10-22)21-16-15-6-12-24-17(15)19(16)7-4-8-19/h14-17H,2-13H2,1H3,(H,20,21). The van der Waals surface area contributed by atoms with Crippen LogP contribution in [0.25, 0.3) is 0 Å². The second-order valence-corrected chi connectivity index (χ2v) is 8.63. The van der Waals surface area contributed by atoms with Crippen molar-refractivity contribution >= 4 is 5.96 Å². The van der Waals surface area contributed by atoms with Crippen LogP contribution in [0.1, 0.15) is 44.9 Å². The summed E-state index contributed by atoms with van der Waals surface area (Å²) in [6.45, 7) is 5.89. The van der Waals surface area contributed by atoms with Crippen LogP contribution in [0.5, 0.6) is 0 Å². The van der Waals surface area contributed by atoms with E-state index in [1.54, 1.807) is 0 Å². The van der Waals surface area contributed by atoms with Gasteiger partial charge in [-0.3, -0.25) is 9.89 Å². The van der Waals surface area contributed by atoms with Gasteiger partial charge in [0.05, 0.1) is 6.10 Å². The van der Waals surface area contributed by atoms with Gasteiger partial charge in [-0.25, -0.2) is 0 Å². The zero-order chi connectivity index (χ0) is 16.1. The van der Waals surface area contributed by atoms with Crippen molar-refractivity contribution in [1.82, 2.24) is 15.1 Å². The number of ether oxygens (including phenoxy) is 1. The highest BCUT2D eigenvalue weighted by molar-refractivity contribution is 5.81. The second kappa shape index (κ2) is 5.87. The highest BCUT2D eigenvalue weighted by atomic mass is 16.5. The predicted molar refractivity (Wildman–Crippen MR) is 95.2 cm³/mol. The maximum atomic E-state index is 6.07. The molecule has 5 aliphatic rings. The lowest BCUT2D eigenvalue weighted by molar-refractivity contribution is -0.171. The van der Waals surface area contributed by atoms with E-state index < -0.39 is 0 Å². The molecule has 3 saturated heterocycles. The summed E-state index contributed by atoms with van der Waals surface area (Å²) in [5.41, 5.74) is 0.436.